The molecule has 0 aliphatic carbocycles. The first-order chi connectivity index (χ1) is 6.94. The van der Waals surface area contributed by atoms with E-state index in [1.54, 1.807) is 0 Å². The zero-order valence-corrected chi connectivity index (χ0v) is 8.87. The van der Waals surface area contributed by atoms with Crippen molar-refractivity contribution < 1.29 is 9.90 Å². The highest BCUT2D eigenvalue weighted by Crippen LogP contribution is 2.11. The Labute approximate surface area is 87.9 Å². The molecule has 0 aromatic carbocycles. The number of nitrogens with one attached hydrogen (secondary N) is 2. The van der Waals surface area contributed by atoms with Crippen molar-refractivity contribution in [2.24, 2.45) is 5.41 Å². The Morgan fingerprint density at radius 3 is 2.87 bits per heavy atom. The summed E-state index contributed by atoms with van der Waals surface area (Å²) in [6, 6.07) is 1.46. The van der Waals surface area contributed by atoms with Crippen LogP contribution in [0, 0.1) is 5.41 Å². The van der Waals surface area contributed by atoms with Crippen LogP contribution in [0.5, 0.6) is 0 Å². The van der Waals surface area contributed by atoms with E-state index in [0.29, 0.717) is 12.2 Å². The number of aliphatic hydroxyl groups is 1. The lowest BCUT2D eigenvalue weighted by Gasteiger charge is -2.21. The Balaban J connectivity index is 2.50. The van der Waals surface area contributed by atoms with Crippen LogP contribution < -0.4 is 11.1 Å². The second kappa shape index (κ2) is 4.31. The summed E-state index contributed by atoms with van der Waals surface area (Å²) in [7, 11) is 0. The van der Waals surface area contributed by atoms with Crippen LogP contribution in [0.1, 0.15) is 24.3 Å². The van der Waals surface area contributed by atoms with E-state index in [-0.39, 0.29) is 23.7 Å². The topological polar surface area (TPSA) is 104 Å². The average molecular weight is 212 g/mol. The van der Waals surface area contributed by atoms with Gasteiger partial charge in [-0.2, -0.15) is 5.10 Å². The molecule has 1 amide bonds. The fraction of sp³-hybridized carbons (Fsp3) is 0.556. The number of rotatable bonds is 4. The molecule has 1 rings (SSSR count). The monoisotopic (exact) mass is 212 g/mol. The average Bonchev–Trinajstić information content (AvgIpc) is 2.61. The number of carbonyl (C=O) groups is 1. The molecule has 15 heavy (non-hydrogen) atoms. The molecule has 0 radical (unpaired) electrons. The third kappa shape index (κ3) is 3.25. The molecule has 0 saturated heterocycles. The van der Waals surface area contributed by atoms with Crippen LogP contribution in [0.4, 0.5) is 5.82 Å². The first kappa shape index (κ1) is 11.5. The second-order valence-electron chi connectivity index (χ2n) is 4.21. The van der Waals surface area contributed by atoms with Gasteiger partial charge in [0, 0.05) is 24.6 Å². The van der Waals surface area contributed by atoms with Gasteiger partial charge in [-0.25, -0.2) is 0 Å². The number of amides is 1. The zero-order valence-electron chi connectivity index (χ0n) is 8.87. The van der Waals surface area contributed by atoms with Crippen molar-refractivity contribution in [3.05, 3.63) is 11.8 Å². The number of carbonyl (C=O) groups excluding carboxylic acids is 1. The number of nitrogen functional groups attached to an aromatic ring is 1. The van der Waals surface area contributed by atoms with E-state index in [0.717, 1.165) is 0 Å². The molecule has 0 fully saturated rings. The Morgan fingerprint density at radius 2 is 2.40 bits per heavy atom. The molecule has 0 atom stereocenters. The van der Waals surface area contributed by atoms with Gasteiger partial charge in [0.1, 0.15) is 11.5 Å². The van der Waals surface area contributed by atoms with Crippen molar-refractivity contribution in [3.8, 4) is 0 Å². The van der Waals surface area contributed by atoms with Gasteiger partial charge in [0.2, 0.25) is 0 Å². The summed E-state index contributed by atoms with van der Waals surface area (Å²) in [6.07, 6.45) is 0. The minimum Gasteiger partial charge on any atom is -0.396 e. The largest absolute Gasteiger partial charge is 0.396 e. The van der Waals surface area contributed by atoms with Crippen molar-refractivity contribution in [1.82, 2.24) is 15.5 Å². The molecule has 6 nitrogen and oxygen atoms in total. The van der Waals surface area contributed by atoms with Crippen LogP contribution in [-0.2, 0) is 0 Å². The maximum absolute atomic E-state index is 11.5. The van der Waals surface area contributed by atoms with E-state index in [2.05, 4.69) is 15.5 Å². The Kier molecular flexibility index (Phi) is 3.31. The lowest BCUT2D eigenvalue weighted by molar-refractivity contribution is 0.0906. The Hall–Kier alpha value is -1.56. The van der Waals surface area contributed by atoms with E-state index in [9.17, 15) is 4.79 Å². The van der Waals surface area contributed by atoms with Gasteiger partial charge in [0.25, 0.3) is 5.91 Å². The van der Waals surface area contributed by atoms with E-state index in [1.165, 1.54) is 6.07 Å². The van der Waals surface area contributed by atoms with Crippen molar-refractivity contribution >= 4 is 11.7 Å². The van der Waals surface area contributed by atoms with Crippen LogP contribution in [0.15, 0.2) is 6.07 Å². The Bertz CT molecular complexity index is 346. The molecule has 5 N–H and O–H groups in total. The number of aromatic nitrogens is 2. The van der Waals surface area contributed by atoms with Crippen molar-refractivity contribution in [2.45, 2.75) is 13.8 Å². The predicted molar refractivity (Wildman–Crippen MR) is 56.2 cm³/mol. The summed E-state index contributed by atoms with van der Waals surface area (Å²) in [6.45, 7) is 4.11. The maximum atomic E-state index is 11.5. The van der Waals surface area contributed by atoms with Gasteiger partial charge in [0.05, 0.1) is 0 Å². The van der Waals surface area contributed by atoms with Gasteiger partial charge in [-0.15, -0.1) is 0 Å². The summed E-state index contributed by atoms with van der Waals surface area (Å²) in [5.41, 5.74) is 5.35. The van der Waals surface area contributed by atoms with E-state index in [1.807, 2.05) is 13.8 Å². The molecule has 1 aromatic rings. The fourth-order valence-electron chi connectivity index (χ4n) is 0.924. The molecule has 0 aliphatic rings. The summed E-state index contributed by atoms with van der Waals surface area (Å²) >= 11 is 0. The summed E-state index contributed by atoms with van der Waals surface area (Å²) in [5.74, 6) is 0.00212. The van der Waals surface area contributed by atoms with E-state index in [4.69, 9.17) is 10.8 Å². The Morgan fingerprint density at radius 1 is 1.73 bits per heavy atom. The van der Waals surface area contributed by atoms with Crippen molar-refractivity contribution in [2.75, 3.05) is 18.9 Å². The summed E-state index contributed by atoms with van der Waals surface area (Å²) in [5, 5.41) is 17.8. The van der Waals surface area contributed by atoms with Crippen molar-refractivity contribution in [1.29, 1.82) is 0 Å². The molecule has 1 heterocycles. The second-order valence-corrected chi connectivity index (χ2v) is 4.21. The van der Waals surface area contributed by atoms with E-state index >= 15 is 0 Å². The van der Waals surface area contributed by atoms with Gasteiger partial charge >= 0.3 is 0 Å². The van der Waals surface area contributed by atoms with Crippen LogP contribution in [-0.4, -0.2) is 34.4 Å². The molecule has 6 heteroatoms. The lowest BCUT2D eigenvalue weighted by atomic mass is 9.95. The minimum atomic E-state index is -0.332. The first-order valence-corrected chi connectivity index (χ1v) is 4.64. The quantitative estimate of drug-likeness (QED) is 0.552. The molecule has 0 bridgehead atoms. The van der Waals surface area contributed by atoms with Gasteiger partial charge in [-0.1, -0.05) is 13.8 Å². The molecule has 0 saturated carbocycles. The molecule has 0 spiro atoms. The number of H-pyrrole nitrogens is 1. The van der Waals surface area contributed by atoms with Gasteiger partial charge in [-0.3, -0.25) is 9.89 Å². The number of nitrogens with two attached hydrogens (primary N) is 1. The number of aliphatic hydroxyl groups excluding tert-OH is 1. The molecule has 84 valence electrons. The standard InChI is InChI=1S/C9H16N4O2/c1-9(2,5-14)4-11-8(15)6-3-7(10)13-12-6/h3,14H,4-5H2,1-2H3,(H,11,15)(H3,10,12,13). The third-order valence-electron chi connectivity index (χ3n) is 2.00. The molecular formula is C9H16N4O2. The van der Waals surface area contributed by atoms with Crippen molar-refractivity contribution in [3.63, 3.8) is 0 Å². The summed E-state index contributed by atoms with van der Waals surface area (Å²) in [4.78, 5) is 11.5. The highest BCUT2D eigenvalue weighted by Gasteiger charge is 2.18. The highest BCUT2D eigenvalue weighted by molar-refractivity contribution is 5.92. The number of hydrogen-bond acceptors (Lipinski definition) is 4. The van der Waals surface area contributed by atoms with Crippen LogP contribution in [0.25, 0.3) is 0 Å². The van der Waals surface area contributed by atoms with Crippen LogP contribution in [0.2, 0.25) is 0 Å². The number of hydrogen-bond donors (Lipinski definition) is 4. The van der Waals surface area contributed by atoms with Gasteiger partial charge in [0.15, 0.2) is 0 Å². The highest BCUT2D eigenvalue weighted by atomic mass is 16.3. The normalized spacial score (nSPS) is 11.4. The van der Waals surface area contributed by atoms with Gasteiger partial charge < -0.3 is 16.2 Å². The molecule has 0 unspecified atom stereocenters. The molecular weight excluding hydrogens is 196 g/mol. The first-order valence-electron chi connectivity index (χ1n) is 4.64. The lowest BCUT2D eigenvalue weighted by Crippen LogP contribution is -2.36. The fourth-order valence-corrected chi connectivity index (χ4v) is 0.924. The van der Waals surface area contributed by atoms with Crippen LogP contribution in [0.3, 0.4) is 0 Å². The maximum Gasteiger partial charge on any atom is 0.269 e. The zero-order chi connectivity index (χ0) is 11.5. The summed E-state index contributed by atoms with van der Waals surface area (Å²) < 4.78 is 0. The van der Waals surface area contributed by atoms with Gasteiger partial charge in [-0.05, 0) is 0 Å². The number of nitrogens with zero attached hydrogens (tertiary/aromatic N) is 1. The molecule has 0 aliphatic heterocycles. The predicted octanol–water partition coefficient (Wildman–Crippen LogP) is -0.260. The SMILES string of the molecule is CC(C)(CO)CNC(=O)c1cc(N)n[nH]1. The van der Waals surface area contributed by atoms with Crippen LogP contribution >= 0.6 is 0 Å². The molecule has 1 aromatic heterocycles. The number of anilines is 1. The number of aromatic amines is 1. The minimum absolute atomic E-state index is 0.0123. The van der Waals surface area contributed by atoms with E-state index < -0.39 is 0 Å². The third-order valence-corrected chi connectivity index (χ3v) is 2.00. The smallest absolute Gasteiger partial charge is 0.269 e.